The predicted octanol–water partition coefficient (Wildman–Crippen LogP) is 3.22. The van der Waals surface area contributed by atoms with E-state index in [9.17, 15) is 13.2 Å². The average Bonchev–Trinajstić information content (AvgIpc) is 2.44. The standard InChI is InChI=1S/C10H15F3N2/c1-5-15-8(10(11,12)13)6-7(14-15)9(2,3)4/h6H,5H2,1-4H3. The molecule has 1 heterocycles. The van der Waals surface area contributed by atoms with Gasteiger partial charge in [0.1, 0.15) is 5.69 Å². The Morgan fingerprint density at radius 1 is 1.27 bits per heavy atom. The molecule has 0 atom stereocenters. The largest absolute Gasteiger partial charge is 0.433 e. The van der Waals surface area contributed by atoms with Crippen molar-refractivity contribution in [2.45, 2.75) is 45.8 Å². The van der Waals surface area contributed by atoms with Gasteiger partial charge in [0.25, 0.3) is 0 Å². The molecular formula is C10H15F3N2. The molecule has 0 bridgehead atoms. The molecule has 0 amide bonds. The summed E-state index contributed by atoms with van der Waals surface area (Å²) in [5, 5.41) is 3.96. The number of halogens is 3. The average molecular weight is 220 g/mol. The van der Waals surface area contributed by atoms with Gasteiger partial charge in [0.05, 0.1) is 5.69 Å². The van der Waals surface area contributed by atoms with Crippen molar-refractivity contribution in [2.75, 3.05) is 0 Å². The summed E-state index contributed by atoms with van der Waals surface area (Å²) < 4.78 is 38.7. The van der Waals surface area contributed by atoms with E-state index in [0.29, 0.717) is 5.69 Å². The first-order valence-corrected chi connectivity index (χ1v) is 4.81. The minimum absolute atomic E-state index is 0.227. The highest BCUT2D eigenvalue weighted by Gasteiger charge is 2.36. The molecule has 0 aliphatic carbocycles. The van der Waals surface area contributed by atoms with Crippen LogP contribution in [0.4, 0.5) is 13.2 Å². The number of hydrogen-bond acceptors (Lipinski definition) is 1. The molecule has 0 saturated heterocycles. The molecule has 0 aromatic carbocycles. The van der Waals surface area contributed by atoms with Crippen LogP contribution in [0.5, 0.6) is 0 Å². The second kappa shape index (κ2) is 3.54. The van der Waals surface area contributed by atoms with Crippen molar-refractivity contribution in [1.29, 1.82) is 0 Å². The first-order valence-electron chi connectivity index (χ1n) is 4.81. The third kappa shape index (κ3) is 2.52. The van der Waals surface area contributed by atoms with Crippen LogP contribution >= 0.6 is 0 Å². The molecule has 0 fully saturated rings. The van der Waals surface area contributed by atoms with Gasteiger partial charge < -0.3 is 0 Å². The van der Waals surface area contributed by atoms with E-state index in [0.717, 1.165) is 10.7 Å². The van der Waals surface area contributed by atoms with Crippen molar-refractivity contribution in [1.82, 2.24) is 9.78 Å². The van der Waals surface area contributed by atoms with E-state index in [-0.39, 0.29) is 12.0 Å². The van der Waals surface area contributed by atoms with Crippen LogP contribution in [0.3, 0.4) is 0 Å². The van der Waals surface area contributed by atoms with Gasteiger partial charge in [-0.1, -0.05) is 20.8 Å². The lowest BCUT2D eigenvalue weighted by atomic mass is 9.92. The molecule has 5 heteroatoms. The molecule has 1 rings (SSSR count). The summed E-state index contributed by atoms with van der Waals surface area (Å²) in [6.45, 7) is 7.40. The second-order valence-corrected chi connectivity index (χ2v) is 4.48. The first kappa shape index (κ1) is 12.1. The third-order valence-electron chi connectivity index (χ3n) is 2.14. The molecule has 86 valence electrons. The van der Waals surface area contributed by atoms with E-state index >= 15 is 0 Å². The van der Waals surface area contributed by atoms with E-state index in [1.54, 1.807) is 6.92 Å². The first-order chi connectivity index (χ1) is 6.66. The van der Waals surface area contributed by atoms with Gasteiger partial charge in [-0.25, -0.2) is 0 Å². The highest BCUT2D eigenvalue weighted by atomic mass is 19.4. The van der Waals surface area contributed by atoms with E-state index < -0.39 is 11.9 Å². The van der Waals surface area contributed by atoms with Crippen molar-refractivity contribution in [3.05, 3.63) is 17.5 Å². The molecular weight excluding hydrogens is 205 g/mol. The van der Waals surface area contributed by atoms with Gasteiger partial charge in [-0.15, -0.1) is 0 Å². The van der Waals surface area contributed by atoms with Gasteiger partial charge >= 0.3 is 6.18 Å². The van der Waals surface area contributed by atoms with Crippen LogP contribution in [0.2, 0.25) is 0 Å². The summed E-state index contributed by atoms with van der Waals surface area (Å²) in [7, 11) is 0. The Bertz CT molecular complexity index is 345. The van der Waals surface area contributed by atoms with Gasteiger partial charge in [0, 0.05) is 12.0 Å². The summed E-state index contributed by atoms with van der Waals surface area (Å²) in [4.78, 5) is 0. The predicted molar refractivity (Wildman–Crippen MR) is 51.6 cm³/mol. The fraction of sp³-hybridized carbons (Fsp3) is 0.700. The zero-order valence-corrected chi connectivity index (χ0v) is 9.31. The fourth-order valence-corrected chi connectivity index (χ4v) is 1.25. The normalized spacial score (nSPS) is 13.3. The monoisotopic (exact) mass is 220 g/mol. The van der Waals surface area contributed by atoms with Gasteiger partial charge in [-0.05, 0) is 13.0 Å². The van der Waals surface area contributed by atoms with Crippen LogP contribution in [0.1, 0.15) is 39.1 Å². The van der Waals surface area contributed by atoms with Crippen molar-refractivity contribution in [2.24, 2.45) is 0 Å². The van der Waals surface area contributed by atoms with Crippen LogP contribution in [0.15, 0.2) is 6.07 Å². The lowest BCUT2D eigenvalue weighted by Crippen LogP contribution is -2.14. The lowest BCUT2D eigenvalue weighted by Gasteiger charge is -2.13. The Kier molecular flexibility index (Phi) is 2.85. The van der Waals surface area contributed by atoms with Gasteiger partial charge in [0.15, 0.2) is 0 Å². The van der Waals surface area contributed by atoms with Crippen LogP contribution < -0.4 is 0 Å². The zero-order valence-electron chi connectivity index (χ0n) is 9.31. The van der Waals surface area contributed by atoms with Crippen molar-refractivity contribution < 1.29 is 13.2 Å². The number of aromatic nitrogens is 2. The van der Waals surface area contributed by atoms with Crippen molar-refractivity contribution >= 4 is 0 Å². The maximum atomic E-state index is 12.6. The molecule has 0 aliphatic rings. The molecule has 1 aromatic heterocycles. The molecule has 0 spiro atoms. The van der Waals surface area contributed by atoms with E-state index in [4.69, 9.17) is 0 Å². The second-order valence-electron chi connectivity index (χ2n) is 4.48. The molecule has 1 aromatic rings. The maximum absolute atomic E-state index is 12.6. The highest BCUT2D eigenvalue weighted by molar-refractivity contribution is 5.19. The Morgan fingerprint density at radius 3 is 2.07 bits per heavy atom. The Hall–Kier alpha value is -1.00. The van der Waals surface area contributed by atoms with Gasteiger partial charge in [-0.3, -0.25) is 4.68 Å². The summed E-state index contributed by atoms with van der Waals surface area (Å²) in [6, 6.07) is 1.13. The number of nitrogens with zero attached hydrogens (tertiary/aromatic N) is 2. The van der Waals surface area contributed by atoms with E-state index in [2.05, 4.69) is 5.10 Å². The number of alkyl halides is 3. The number of rotatable bonds is 1. The fourth-order valence-electron chi connectivity index (χ4n) is 1.25. The number of hydrogen-bond donors (Lipinski definition) is 0. The summed E-state index contributed by atoms with van der Waals surface area (Å²) in [5.41, 5.74) is -0.563. The summed E-state index contributed by atoms with van der Waals surface area (Å²) >= 11 is 0. The van der Waals surface area contributed by atoms with Crippen LogP contribution in [0, 0.1) is 0 Å². The lowest BCUT2D eigenvalue weighted by molar-refractivity contribution is -0.144. The van der Waals surface area contributed by atoms with Crippen molar-refractivity contribution in [3.8, 4) is 0 Å². The molecule has 0 radical (unpaired) electrons. The van der Waals surface area contributed by atoms with Crippen LogP contribution in [0.25, 0.3) is 0 Å². The minimum Gasteiger partial charge on any atom is -0.260 e. The molecule has 0 aliphatic heterocycles. The topological polar surface area (TPSA) is 17.8 Å². The molecule has 0 N–H and O–H groups in total. The smallest absolute Gasteiger partial charge is 0.260 e. The van der Waals surface area contributed by atoms with Crippen LogP contribution in [-0.2, 0) is 18.1 Å². The van der Waals surface area contributed by atoms with Crippen LogP contribution in [-0.4, -0.2) is 9.78 Å². The Balaban J connectivity index is 3.24. The molecule has 2 nitrogen and oxygen atoms in total. The molecule has 0 saturated carbocycles. The SMILES string of the molecule is CCn1nc(C(C)(C)C)cc1C(F)(F)F. The maximum Gasteiger partial charge on any atom is 0.433 e. The quantitative estimate of drug-likeness (QED) is 0.710. The zero-order chi connectivity index (χ0) is 11.9. The van der Waals surface area contributed by atoms with E-state index in [1.807, 2.05) is 20.8 Å². The van der Waals surface area contributed by atoms with Gasteiger partial charge in [0.2, 0.25) is 0 Å². The highest BCUT2D eigenvalue weighted by Crippen LogP contribution is 2.32. The summed E-state index contributed by atoms with van der Waals surface area (Å²) in [5.74, 6) is 0. The molecule has 15 heavy (non-hydrogen) atoms. The Labute approximate surface area is 87.1 Å². The summed E-state index contributed by atoms with van der Waals surface area (Å²) in [6.07, 6.45) is -4.33. The van der Waals surface area contributed by atoms with Crippen molar-refractivity contribution in [3.63, 3.8) is 0 Å². The number of aryl methyl sites for hydroxylation is 1. The Morgan fingerprint density at radius 2 is 1.80 bits per heavy atom. The minimum atomic E-state index is -4.33. The third-order valence-corrected chi connectivity index (χ3v) is 2.14. The van der Waals surface area contributed by atoms with E-state index in [1.165, 1.54) is 0 Å². The van der Waals surface area contributed by atoms with Gasteiger partial charge in [-0.2, -0.15) is 18.3 Å². The molecule has 0 unspecified atom stereocenters.